The summed E-state index contributed by atoms with van der Waals surface area (Å²) in [5.74, 6) is 1.84. The second-order valence-electron chi connectivity index (χ2n) is 12.1. The minimum absolute atomic E-state index is 0.102. The highest BCUT2D eigenvalue weighted by Gasteiger charge is 2.63. The van der Waals surface area contributed by atoms with Crippen molar-refractivity contribution in [2.75, 3.05) is 6.54 Å². The molecule has 1 amide bonds. The van der Waals surface area contributed by atoms with Crippen molar-refractivity contribution < 1.29 is 24.9 Å². The van der Waals surface area contributed by atoms with Crippen molar-refractivity contribution in [1.29, 1.82) is 0 Å². The van der Waals surface area contributed by atoms with Gasteiger partial charge in [-0.05, 0) is 104 Å². The number of carbonyl (C=O) groups excluding carboxylic acids is 1. The topological polar surface area (TPSA) is 107 Å². The monoisotopic (exact) mass is 449 g/mol. The smallest absolute Gasteiger partial charge is 0.322 e. The number of hydrogen-bond acceptors (Lipinski definition) is 4. The molecule has 4 aliphatic rings. The van der Waals surface area contributed by atoms with Gasteiger partial charge in [0.15, 0.2) is 0 Å². The molecular weight excluding hydrogens is 406 g/mol. The highest BCUT2D eigenvalue weighted by molar-refractivity contribution is 5.81. The normalized spacial score (nSPS) is 46.5. The molecule has 0 aromatic rings. The van der Waals surface area contributed by atoms with Crippen molar-refractivity contribution in [2.24, 2.45) is 46.3 Å². The second kappa shape index (κ2) is 8.90. The molecule has 0 aromatic heterocycles. The average Bonchev–Trinajstić information content (AvgIpc) is 3.10. The first-order valence-electron chi connectivity index (χ1n) is 12.9. The van der Waals surface area contributed by atoms with Crippen LogP contribution in [0.25, 0.3) is 0 Å². The van der Waals surface area contributed by atoms with Crippen LogP contribution in [0.5, 0.6) is 0 Å². The third kappa shape index (κ3) is 4.00. The van der Waals surface area contributed by atoms with Gasteiger partial charge in [0.2, 0.25) is 5.91 Å². The summed E-state index contributed by atoms with van der Waals surface area (Å²) >= 11 is 0. The molecule has 4 N–H and O–H groups in total. The molecule has 0 spiro atoms. The number of aliphatic hydroxyl groups is 2. The van der Waals surface area contributed by atoms with E-state index in [4.69, 9.17) is 5.11 Å². The van der Waals surface area contributed by atoms with Crippen LogP contribution in [0.2, 0.25) is 0 Å². The fourth-order valence-corrected chi connectivity index (χ4v) is 8.98. The molecule has 6 heteroatoms. The van der Waals surface area contributed by atoms with E-state index in [1.54, 1.807) is 0 Å². The Hall–Kier alpha value is -1.14. The standard InChI is InChI=1S/C26H43NO5/c1-15(4-9-23(30)27-14-24(31)32)19-7-8-20-18-6-5-16-12-17(28)10-11-25(16,2)21(18)13-22(29)26(19,20)3/h15-22,28-29H,4-14H2,1-3H3,(H,27,30)(H,31,32)/t15-,16+,17-,18+,19-,20-,21+,22+,25+,26-/m1/s1. The van der Waals surface area contributed by atoms with Crippen LogP contribution in [0.15, 0.2) is 0 Å². The molecular formula is C26H43NO5. The van der Waals surface area contributed by atoms with Gasteiger partial charge in [0.1, 0.15) is 6.54 Å². The van der Waals surface area contributed by atoms with Gasteiger partial charge in [0, 0.05) is 6.42 Å². The summed E-state index contributed by atoms with van der Waals surface area (Å²) in [4.78, 5) is 22.7. The molecule has 0 saturated heterocycles. The summed E-state index contributed by atoms with van der Waals surface area (Å²) in [5.41, 5.74) is 0.145. The highest BCUT2D eigenvalue weighted by Crippen LogP contribution is 2.68. The van der Waals surface area contributed by atoms with Crippen LogP contribution >= 0.6 is 0 Å². The Labute approximate surface area is 192 Å². The van der Waals surface area contributed by atoms with Crippen molar-refractivity contribution >= 4 is 11.9 Å². The molecule has 0 unspecified atom stereocenters. The molecule has 4 aliphatic carbocycles. The molecule has 4 saturated carbocycles. The summed E-state index contributed by atoms with van der Waals surface area (Å²) in [6.45, 7) is 6.65. The minimum atomic E-state index is -1.02. The first-order valence-corrected chi connectivity index (χ1v) is 12.9. The van der Waals surface area contributed by atoms with Gasteiger partial charge in [0.25, 0.3) is 0 Å². The van der Waals surface area contributed by atoms with E-state index < -0.39 is 5.97 Å². The maximum absolute atomic E-state index is 12.0. The zero-order valence-corrected chi connectivity index (χ0v) is 20.1. The molecule has 0 heterocycles. The van der Waals surface area contributed by atoms with Gasteiger partial charge in [-0.2, -0.15) is 0 Å². The van der Waals surface area contributed by atoms with Gasteiger partial charge >= 0.3 is 5.97 Å². The number of rotatable bonds is 6. The maximum atomic E-state index is 12.0. The number of fused-ring (bicyclic) bond motifs is 5. The molecule has 0 aliphatic heterocycles. The van der Waals surface area contributed by atoms with Crippen LogP contribution in [-0.2, 0) is 9.59 Å². The third-order valence-electron chi connectivity index (χ3n) is 10.8. The number of carbonyl (C=O) groups is 2. The van der Waals surface area contributed by atoms with Gasteiger partial charge < -0.3 is 20.6 Å². The van der Waals surface area contributed by atoms with Crippen molar-refractivity contribution in [3.8, 4) is 0 Å². The maximum Gasteiger partial charge on any atom is 0.322 e. The second-order valence-corrected chi connectivity index (χ2v) is 12.1. The molecule has 4 fully saturated rings. The Kier molecular flexibility index (Phi) is 6.68. The molecule has 0 aromatic carbocycles. The Balaban J connectivity index is 1.45. The van der Waals surface area contributed by atoms with E-state index in [2.05, 4.69) is 26.1 Å². The number of aliphatic carboxylic acids is 1. The molecule has 0 bridgehead atoms. The fraction of sp³-hybridized carbons (Fsp3) is 0.923. The van der Waals surface area contributed by atoms with E-state index in [1.807, 2.05) is 0 Å². The Morgan fingerprint density at radius 3 is 2.50 bits per heavy atom. The van der Waals surface area contributed by atoms with Crippen LogP contribution in [-0.4, -0.2) is 45.9 Å². The molecule has 0 radical (unpaired) electrons. The van der Waals surface area contributed by atoms with Crippen LogP contribution in [0, 0.1) is 46.3 Å². The molecule has 10 atom stereocenters. The van der Waals surface area contributed by atoms with Gasteiger partial charge in [-0.1, -0.05) is 20.8 Å². The van der Waals surface area contributed by atoms with E-state index in [0.717, 1.165) is 44.9 Å². The van der Waals surface area contributed by atoms with E-state index in [1.165, 1.54) is 12.8 Å². The zero-order valence-electron chi connectivity index (χ0n) is 20.1. The first-order chi connectivity index (χ1) is 15.1. The third-order valence-corrected chi connectivity index (χ3v) is 10.8. The largest absolute Gasteiger partial charge is 0.480 e. The van der Waals surface area contributed by atoms with Crippen LogP contribution in [0.3, 0.4) is 0 Å². The number of nitrogens with one attached hydrogen (secondary N) is 1. The lowest BCUT2D eigenvalue weighted by Crippen LogP contribution is -2.58. The zero-order chi connectivity index (χ0) is 23.3. The molecule has 32 heavy (non-hydrogen) atoms. The van der Waals surface area contributed by atoms with E-state index in [-0.39, 0.29) is 35.5 Å². The average molecular weight is 450 g/mol. The van der Waals surface area contributed by atoms with Crippen molar-refractivity contribution in [2.45, 2.75) is 97.2 Å². The van der Waals surface area contributed by atoms with E-state index in [9.17, 15) is 19.8 Å². The Bertz CT molecular complexity index is 727. The number of carboxylic acids is 1. The number of hydrogen-bond donors (Lipinski definition) is 4. The summed E-state index contributed by atoms with van der Waals surface area (Å²) in [5, 5.41) is 33.0. The first kappa shape index (κ1) is 24.0. The van der Waals surface area contributed by atoms with Crippen molar-refractivity contribution in [3.05, 3.63) is 0 Å². The lowest BCUT2D eigenvalue weighted by molar-refractivity contribution is -0.175. The summed E-state index contributed by atoms with van der Waals surface area (Å²) in [7, 11) is 0. The molecule has 6 nitrogen and oxygen atoms in total. The highest BCUT2D eigenvalue weighted by atomic mass is 16.4. The van der Waals surface area contributed by atoms with Gasteiger partial charge in [-0.25, -0.2) is 0 Å². The number of aliphatic hydroxyl groups excluding tert-OH is 2. The predicted molar refractivity (Wildman–Crippen MR) is 122 cm³/mol. The number of carboxylic acid groups (broad SMARTS) is 1. The van der Waals surface area contributed by atoms with Crippen molar-refractivity contribution in [1.82, 2.24) is 5.32 Å². The van der Waals surface area contributed by atoms with Gasteiger partial charge in [-0.3, -0.25) is 9.59 Å². The summed E-state index contributed by atoms with van der Waals surface area (Å²) in [6, 6.07) is 0. The summed E-state index contributed by atoms with van der Waals surface area (Å²) < 4.78 is 0. The molecule has 4 rings (SSSR count). The van der Waals surface area contributed by atoms with Crippen LogP contribution in [0.1, 0.15) is 85.0 Å². The SMILES string of the molecule is C[C@H](CCC(=O)NCC(=O)O)[C@H]1CC[C@@H]2[C@@H]3CC[C@H]4C[C@H](O)CC[C@]4(C)[C@H]3C[C@H](O)[C@@]21C. The lowest BCUT2D eigenvalue weighted by atomic mass is 9.43. The van der Waals surface area contributed by atoms with Gasteiger partial charge in [-0.15, -0.1) is 0 Å². The Morgan fingerprint density at radius 1 is 1.03 bits per heavy atom. The van der Waals surface area contributed by atoms with Crippen LogP contribution < -0.4 is 5.32 Å². The lowest BCUT2D eigenvalue weighted by Gasteiger charge is -2.62. The van der Waals surface area contributed by atoms with Crippen molar-refractivity contribution in [3.63, 3.8) is 0 Å². The van der Waals surface area contributed by atoms with E-state index in [0.29, 0.717) is 41.9 Å². The molecule has 182 valence electrons. The predicted octanol–water partition coefficient (Wildman–Crippen LogP) is 3.59. The van der Waals surface area contributed by atoms with Gasteiger partial charge in [0.05, 0.1) is 12.2 Å². The Morgan fingerprint density at radius 2 is 1.78 bits per heavy atom. The quantitative estimate of drug-likeness (QED) is 0.496. The minimum Gasteiger partial charge on any atom is -0.480 e. The fourth-order valence-electron chi connectivity index (χ4n) is 8.98. The summed E-state index contributed by atoms with van der Waals surface area (Å²) in [6.07, 6.45) is 9.12. The van der Waals surface area contributed by atoms with E-state index >= 15 is 0 Å². The number of amides is 1. The van der Waals surface area contributed by atoms with Crippen LogP contribution in [0.4, 0.5) is 0 Å².